The molecule has 14 heavy (non-hydrogen) atoms. The maximum Gasteiger partial charge on any atom is 0.344 e. The minimum Gasteiger partial charge on any atom is -0.506 e. The van der Waals surface area contributed by atoms with Crippen LogP contribution in [0.1, 0.15) is 10.4 Å². The van der Waals surface area contributed by atoms with Gasteiger partial charge in [-0.2, -0.15) is 0 Å². The van der Waals surface area contributed by atoms with Gasteiger partial charge in [0.2, 0.25) is 0 Å². The third-order valence-corrected chi connectivity index (χ3v) is 2.72. The molecule has 0 unspecified atom stereocenters. The van der Waals surface area contributed by atoms with Crippen molar-refractivity contribution in [2.75, 3.05) is 7.11 Å². The fraction of sp³-hybridized carbons (Fsp3) is 0.125. The number of methoxy groups -OCH3 is 1. The van der Waals surface area contributed by atoms with Crippen molar-refractivity contribution < 1.29 is 19.0 Å². The lowest BCUT2D eigenvalue weighted by molar-refractivity contribution is 0.0591. The first-order valence-corrected chi connectivity index (χ1v) is 5.02. The summed E-state index contributed by atoms with van der Waals surface area (Å²) >= 11 is 5.88. The number of phenolic OH excluding ortho intramolecular Hbond substituents is 1. The molecule has 0 spiro atoms. The Morgan fingerprint density at radius 2 is 2.07 bits per heavy atom. The van der Waals surface area contributed by atoms with Crippen LogP contribution in [-0.2, 0) is 4.74 Å². The van der Waals surface area contributed by atoms with Crippen LogP contribution in [0.4, 0.5) is 4.39 Å². The molecule has 0 aliphatic heterocycles. The molecule has 1 aromatic rings. The van der Waals surface area contributed by atoms with E-state index in [0.717, 1.165) is 7.11 Å². The zero-order valence-corrected chi connectivity index (χ0v) is 10.1. The fourth-order valence-electron chi connectivity index (χ4n) is 0.874. The van der Waals surface area contributed by atoms with Gasteiger partial charge in [-0.1, -0.05) is 0 Å². The van der Waals surface area contributed by atoms with E-state index in [0.29, 0.717) is 0 Å². The van der Waals surface area contributed by atoms with Crippen molar-refractivity contribution in [2.24, 2.45) is 0 Å². The molecule has 0 heterocycles. The molecule has 1 aromatic carbocycles. The molecule has 0 aliphatic rings. The lowest BCUT2D eigenvalue weighted by Gasteiger charge is -2.07. The van der Waals surface area contributed by atoms with Crippen molar-refractivity contribution in [1.29, 1.82) is 0 Å². The molecule has 0 aromatic heterocycles. The Morgan fingerprint density at radius 1 is 1.50 bits per heavy atom. The smallest absolute Gasteiger partial charge is 0.344 e. The van der Waals surface area contributed by atoms with Gasteiger partial charge in [-0.05, 0) is 37.9 Å². The Kier molecular flexibility index (Phi) is 3.49. The summed E-state index contributed by atoms with van der Waals surface area (Å²) in [6.45, 7) is 0. The number of benzene rings is 1. The molecule has 0 radical (unpaired) electrons. The average molecular weight is 328 g/mol. The summed E-state index contributed by atoms with van der Waals surface area (Å²) in [5, 5.41) is 9.40. The standard InChI is InChI=1S/C8H5Br2FO3/c1-14-8(13)5-6(11)3(9)2-4(10)7(5)12/h2,12H,1H3. The van der Waals surface area contributed by atoms with Crippen LogP contribution < -0.4 is 0 Å². The van der Waals surface area contributed by atoms with E-state index >= 15 is 0 Å². The molecule has 3 nitrogen and oxygen atoms in total. The highest BCUT2D eigenvalue weighted by Crippen LogP contribution is 2.34. The number of hydrogen-bond acceptors (Lipinski definition) is 3. The number of phenols is 1. The molecular formula is C8H5Br2FO3. The third kappa shape index (κ3) is 1.90. The molecule has 0 fully saturated rings. The molecule has 0 saturated heterocycles. The van der Waals surface area contributed by atoms with Crippen LogP contribution in [0.5, 0.6) is 5.75 Å². The van der Waals surface area contributed by atoms with Gasteiger partial charge in [0.1, 0.15) is 11.3 Å². The first-order chi connectivity index (χ1) is 6.49. The Labute approximate surface area is 96.1 Å². The number of ether oxygens (including phenoxy) is 1. The number of carbonyl (C=O) groups is 1. The summed E-state index contributed by atoms with van der Waals surface area (Å²) in [4.78, 5) is 11.1. The van der Waals surface area contributed by atoms with E-state index < -0.39 is 23.1 Å². The van der Waals surface area contributed by atoms with Gasteiger partial charge in [-0.25, -0.2) is 9.18 Å². The minimum atomic E-state index is -0.929. The van der Waals surface area contributed by atoms with E-state index in [1.165, 1.54) is 6.07 Å². The van der Waals surface area contributed by atoms with E-state index in [1.807, 2.05) is 0 Å². The van der Waals surface area contributed by atoms with Crippen LogP contribution in [0.15, 0.2) is 15.0 Å². The molecule has 76 valence electrons. The van der Waals surface area contributed by atoms with E-state index in [-0.39, 0.29) is 8.95 Å². The summed E-state index contributed by atoms with van der Waals surface area (Å²) in [6.07, 6.45) is 0. The topological polar surface area (TPSA) is 46.5 Å². The molecule has 0 aliphatic carbocycles. The third-order valence-electron chi connectivity index (χ3n) is 1.54. The molecular weight excluding hydrogens is 323 g/mol. The van der Waals surface area contributed by atoms with Crippen LogP contribution in [0, 0.1) is 5.82 Å². The highest BCUT2D eigenvalue weighted by Gasteiger charge is 2.22. The maximum absolute atomic E-state index is 13.4. The number of carbonyl (C=O) groups excluding carboxylic acids is 1. The van der Waals surface area contributed by atoms with Gasteiger partial charge in [0.15, 0.2) is 5.82 Å². The van der Waals surface area contributed by atoms with Crippen molar-refractivity contribution in [2.45, 2.75) is 0 Å². The lowest BCUT2D eigenvalue weighted by atomic mass is 10.2. The van der Waals surface area contributed by atoms with Crippen molar-refractivity contribution in [3.05, 3.63) is 26.4 Å². The summed E-state index contributed by atoms with van der Waals surface area (Å²) in [5.74, 6) is -2.25. The lowest BCUT2D eigenvalue weighted by Crippen LogP contribution is -2.05. The number of rotatable bonds is 1. The van der Waals surface area contributed by atoms with Gasteiger partial charge in [-0.15, -0.1) is 0 Å². The fourth-order valence-corrected chi connectivity index (χ4v) is 2.04. The molecule has 1 rings (SSSR count). The zero-order chi connectivity index (χ0) is 10.9. The van der Waals surface area contributed by atoms with Crippen LogP contribution in [-0.4, -0.2) is 18.2 Å². The van der Waals surface area contributed by atoms with Crippen LogP contribution in [0.25, 0.3) is 0 Å². The maximum atomic E-state index is 13.4. The van der Waals surface area contributed by atoms with Gasteiger partial charge >= 0.3 is 5.97 Å². The summed E-state index contributed by atoms with van der Waals surface area (Å²) in [7, 11) is 1.11. The Morgan fingerprint density at radius 3 is 2.57 bits per heavy atom. The highest BCUT2D eigenvalue weighted by atomic mass is 79.9. The summed E-state index contributed by atoms with van der Waals surface area (Å²) < 4.78 is 18.0. The van der Waals surface area contributed by atoms with Crippen LogP contribution >= 0.6 is 31.9 Å². The molecule has 0 amide bonds. The second kappa shape index (κ2) is 4.27. The first-order valence-electron chi connectivity index (χ1n) is 3.43. The highest BCUT2D eigenvalue weighted by molar-refractivity contribution is 9.11. The Balaban J connectivity index is 3.47. The van der Waals surface area contributed by atoms with Crippen LogP contribution in [0.2, 0.25) is 0 Å². The predicted octanol–water partition coefficient (Wildman–Crippen LogP) is 2.84. The second-order valence-electron chi connectivity index (χ2n) is 2.37. The monoisotopic (exact) mass is 326 g/mol. The molecule has 6 heteroatoms. The Hall–Kier alpha value is -0.620. The van der Waals surface area contributed by atoms with E-state index in [1.54, 1.807) is 0 Å². The van der Waals surface area contributed by atoms with Gasteiger partial charge < -0.3 is 9.84 Å². The first kappa shape index (κ1) is 11.5. The van der Waals surface area contributed by atoms with E-state index in [9.17, 15) is 14.3 Å². The van der Waals surface area contributed by atoms with E-state index in [2.05, 4.69) is 36.6 Å². The number of halogens is 3. The van der Waals surface area contributed by atoms with Crippen molar-refractivity contribution in [1.82, 2.24) is 0 Å². The zero-order valence-electron chi connectivity index (χ0n) is 6.97. The second-order valence-corrected chi connectivity index (χ2v) is 4.08. The van der Waals surface area contributed by atoms with Crippen molar-refractivity contribution >= 4 is 37.8 Å². The molecule has 0 atom stereocenters. The van der Waals surface area contributed by atoms with Gasteiger partial charge in [0.25, 0.3) is 0 Å². The minimum absolute atomic E-state index is 0.0718. The molecule has 1 N–H and O–H groups in total. The number of hydrogen-bond donors (Lipinski definition) is 1. The molecule has 0 bridgehead atoms. The van der Waals surface area contributed by atoms with Gasteiger partial charge in [-0.3, -0.25) is 0 Å². The van der Waals surface area contributed by atoms with Crippen LogP contribution in [0.3, 0.4) is 0 Å². The number of esters is 1. The normalized spacial score (nSPS) is 10.0. The van der Waals surface area contributed by atoms with Crippen molar-refractivity contribution in [3.63, 3.8) is 0 Å². The predicted molar refractivity (Wildman–Crippen MR) is 54.8 cm³/mol. The summed E-state index contributed by atoms with van der Waals surface area (Å²) in [6, 6.07) is 1.30. The summed E-state index contributed by atoms with van der Waals surface area (Å²) in [5.41, 5.74) is -0.492. The number of aromatic hydroxyl groups is 1. The average Bonchev–Trinajstić information content (AvgIpc) is 2.15. The Bertz CT molecular complexity index is 366. The molecule has 0 saturated carbocycles. The van der Waals surface area contributed by atoms with Gasteiger partial charge in [0, 0.05) is 0 Å². The van der Waals surface area contributed by atoms with Crippen molar-refractivity contribution in [3.8, 4) is 5.75 Å². The van der Waals surface area contributed by atoms with Gasteiger partial charge in [0.05, 0.1) is 16.1 Å². The SMILES string of the molecule is COC(=O)c1c(O)c(Br)cc(Br)c1F. The largest absolute Gasteiger partial charge is 0.506 e. The quantitative estimate of drug-likeness (QED) is 0.637. The van der Waals surface area contributed by atoms with E-state index in [4.69, 9.17) is 0 Å².